The van der Waals surface area contributed by atoms with E-state index >= 15 is 0 Å². The van der Waals surface area contributed by atoms with Crippen LogP contribution in [0.25, 0.3) is 0 Å². The van der Waals surface area contributed by atoms with Crippen molar-refractivity contribution < 1.29 is 22.8 Å². The highest BCUT2D eigenvalue weighted by Gasteiger charge is 2.33. The summed E-state index contributed by atoms with van der Waals surface area (Å²) in [6.45, 7) is 1.42. The number of urea groups is 1. The summed E-state index contributed by atoms with van der Waals surface area (Å²) >= 11 is 2.82. The van der Waals surface area contributed by atoms with Gasteiger partial charge in [0.25, 0.3) is 0 Å². The third-order valence-corrected chi connectivity index (χ3v) is 3.20. The highest BCUT2D eigenvalue weighted by molar-refractivity contribution is 9.10. The molecule has 3 amide bonds. The maximum absolute atomic E-state index is 12.8. The highest BCUT2D eigenvalue weighted by atomic mass is 79.9. The molecule has 1 rings (SSSR count). The molecule has 0 aliphatic heterocycles. The van der Waals surface area contributed by atoms with Crippen LogP contribution in [-0.2, 0) is 11.0 Å². The predicted octanol–water partition coefficient (Wildman–Crippen LogP) is 2.72. The van der Waals surface area contributed by atoms with Crippen molar-refractivity contribution >= 4 is 33.6 Å². The normalized spacial score (nSPS) is 12.5. The fourth-order valence-electron chi connectivity index (χ4n) is 1.43. The van der Waals surface area contributed by atoms with E-state index in [1.165, 1.54) is 26.1 Å². The van der Waals surface area contributed by atoms with Gasteiger partial charge >= 0.3 is 12.2 Å². The van der Waals surface area contributed by atoms with Crippen molar-refractivity contribution in [2.45, 2.75) is 19.1 Å². The molecule has 0 aromatic heterocycles. The first-order chi connectivity index (χ1) is 9.65. The smallest absolute Gasteiger partial charge is 0.374 e. The third-order valence-electron chi connectivity index (χ3n) is 2.51. The van der Waals surface area contributed by atoms with Gasteiger partial charge in [-0.25, -0.2) is 4.79 Å². The molecule has 5 nitrogen and oxygen atoms in total. The largest absolute Gasteiger partial charge is 0.417 e. The zero-order valence-corrected chi connectivity index (χ0v) is 12.7. The molecule has 116 valence electrons. The van der Waals surface area contributed by atoms with E-state index in [9.17, 15) is 22.8 Å². The van der Waals surface area contributed by atoms with E-state index in [-0.39, 0.29) is 10.2 Å². The summed E-state index contributed by atoms with van der Waals surface area (Å²) in [5, 5.41) is 6.82. The molecule has 0 fully saturated rings. The molecule has 1 aromatic rings. The Labute approximate surface area is 127 Å². The number of benzene rings is 1. The van der Waals surface area contributed by atoms with Crippen LogP contribution in [0.3, 0.4) is 0 Å². The maximum Gasteiger partial charge on any atom is 0.417 e. The number of hydrogen-bond acceptors (Lipinski definition) is 3. The van der Waals surface area contributed by atoms with Gasteiger partial charge in [-0.05, 0) is 25.1 Å². The molecule has 0 spiro atoms. The van der Waals surface area contributed by atoms with E-state index in [1.807, 2.05) is 5.32 Å². The van der Waals surface area contributed by atoms with Crippen molar-refractivity contribution in [2.24, 2.45) is 0 Å². The summed E-state index contributed by atoms with van der Waals surface area (Å²) in [5.74, 6) is -0.661. The average molecular weight is 368 g/mol. The maximum atomic E-state index is 12.8. The lowest BCUT2D eigenvalue weighted by atomic mass is 10.2. The van der Waals surface area contributed by atoms with Gasteiger partial charge in [0, 0.05) is 17.2 Å². The van der Waals surface area contributed by atoms with Crippen LogP contribution in [0.1, 0.15) is 12.5 Å². The third kappa shape index (κ3) is 4.92. The first-order valence-electron chi connectivity index (χ1n) is 5.81. The van der Waals surface area contributed by atoms with E-state index in [0.717, 1.165) is 6.07 Å². The Hall–Kier alpha value is -1.77. The number of anilines is 1. The standard InChI is InChI=1S/C12H13BrF3N3O2/c1-6(10(20)19-11(21)17-2)18-7-3-4-9(13)8(5-7)12(14,15)16/h3-6,18H,1-2H3,(H2,17,19,20,21). The van der Waals surface area contributed by atoms with Crippen molar-refractivity contribution in [3.8, 4) is 0 Å². The minimum atomic E-state index is -4.51. The van der Waals surface area contributed by atoms with Gasteiger partial charge in [0.15, 0.2) is 0 Å². The van der Waals surface area contributed by atoms with Crippen molar-refractivity contribution in [3.63, 3.8) is 0 Å². The SMILES string of the molecule is CNC(=O)NC(=O)C(C)Nc1ccc(Br)c(C(F)(F)F)c1. The van der Waals surface area contributed by atoms with Gasteiger partial charge in [-0.3, -0.25) is 10.1 Å². The van der Waals surface area contributed by atoms with E-state index in [2.05, 4.69) is 26.6 Å². The number of carbonyl (C=O) groups is 2. The average Bonchev–Trinajstić information content (AvgIpc) is 2.39. The number of alkyl halides is 3. The summed E-state index contributed by atoms with van der Waals surface area (Å²) in [6, 6.07) is 1.93. The van der Waals surface area contributed by atoms with Crippen LogP contribution in [0.5, 0.6) is 0 Å². The zero-order valence-electron chi connectivity index (χ0n) is 11.1. The van der Waals surface area contributed by atoms with Gasteiger partial charge in [-0.1, -0.05) is 15.9 Å². The number of rotatable bonds is 3. The molecule has 0 saturated carbocycles. The molecule has 0 saturated heterocycles. The zero-order chi connectivity index (χ0) is 16.2. The predicted molar refractivity (Wildman–Crippen MR) is 74.8 cm³/mol. The summed E-state index contributed by atoms with van der Waals surface area (Å²) in [7, 11) is 1.34. The number of imide groups is 1. The summed E-state index contributed by atoms with van der Waals surface area (Å²) in [6.07, 6.45) is -4.51. The monoisotopic (exact) mass is 367 g/mol. The second-order valence-corrected chi connectivity index (χ2v) is 4.98. The summed E-state index contributed by atoms with van der Waals surface area (Å²) < 4.78 is 38.2. The van der Waals surface area contributed by atoms with Crippen molar-refractivity contribution in [3.05, 3.63) is 28.2 Å². The van der Waals surface area contributed by atoms with Crippen molar-refractivity contribution in [2.75, 3.05) is 12.4 Å². The minimum Gasteiger partial charge on any atom is -0.374 e. The van der Waals surface area contributed by atoms with Crippen molar-refractivity contribution in [1.82, 2.24) is 10.6 Å². The highest BCUT2D eigenvalue weighted by Crippen LogP contribution is 2.36. The Balaban J connectivity index is 2.84. The fourth-order valence-corrected chi connectivity index (χ4v) is 1.90. The van der Waals surface area contributed by atoms with E-state index in [1.54, 1.807) is 0 Å². The minimum absolute atomic E-state index is 0.0944. The van der Waals surface area contributed by atoms with Crippen LogP contribution in [0.4, 0.5) is 23.7 Å². The Bertz CT molecular complexity index is 549. The van der Waals surface area contributed by atoms with E-state index < -0.39 is 29.7 Å². The molecular formula is C12H13BrF3N3O2. The molecule has 1 unspecified atom stereocenters. The molecule has 0 heterocycles. The molecule has 21 heavy (non-hydrogen) atoms. The molecule has 0 bridgehead atoms. The molecule has 9 heteroatoms. The number of halogens is 4. The number of nitrogens with one attached hydrogen (secondary N) is 3. The number of hydrogen-bond donors (Lipinski definition) is 3. The molecular weight excluding hydrogens is 355 g/mol. The second-order valence-electron chi connectivity index (χ2n) is 4.13. The van der Waals surface area contributed by atoms with Gasteiger partial charge in [-0.15, -0.1) is 0 Å². The molecule has 1 aromatic carbocycles. The first-order valence-corrected chi connectivity index (χ1v) is 6.60. The van der Waals surface area contributed by atoms with Gasteiger partial charge in [0.2, 0.25) is 5.91 Å². The van der Waals surface area contributed by atoms with E-state index in [0.29, 0.717) is 0 Å². The van der Waals surface area contributed by atoms with Gasteiger partial charge in [0.1, 0.15) is 6.04 Å². The number of amides is 3. The van der Waals surface area contributed by atoms with Crippen LogP contribution in [0.2, 0.25) is 0 Å². The van der Waals surface area contributed by atoms with Gasteiger partial charge in [-0.2, -0.15) is 13.2 Å². The Kier molecular flexibility index (Phi) is 5.59. The second kappa shape index (κ2) is 6.79. The van der Waals surface area contributed by atoms with E-state index in [4.69, 9.17) is 0 Å². The van der Waals surface area contributed by atoms with Crippen LogP contribution in [0, 0.1) is 0 Å². The van der Waals surface area contributed by atoms with Gasteiger partial charge in [0.05, 0.1) is 5.56 Å². The van der Waals surface area contributed by atoms with Crippen molar-refractivity contribution in [1.29, 1.82) is 0 Å². The Morgan fingerprint density at radius 3 is 2.43 bits per heavy atom. The fraction of sp³-hybridized carbons (Fsp3) is 0.333. The topological polar surface area (TPSA) is 70.2 Å². The summed E-state index contributed by atoms with van der Waals surface area (Å²) in [4.78, 5) is 22.6. The summed E-state index contributed by atoms with van der Waals surface area (Å²) in [5.41, 5.74) is -0.739. The quantitative estimate of drug-likeness (QED) is 0.769. The Morgan fingerprint density at radius 2 is 1.90 bits per heavy atom. The first kappa shape index (κ1) is 17.3. The number of carbonyl (C=O) groups excluding carboxylic acids is 2. The lowest BCUT2D eigenvalue weighted by Gasteiger charge is -2.16. The molecule has 0 aliphatic carbocycles. The molecule has 0 radical (unpaired) electrons. The lowest BCUT2D eigenvalue weighted by Crippen LogP contribution is -2.44. The molecule has 1 atom stereocenters. The van der Waals surface area contributed by atoms with Crippen LogP contribution in [-0.4, -0.2) is 25.0 Å². The molecule has 0 aliphatic rings. The van der Waals surface area contributed by atoms with Gasteiger partial charge < -0.3 is 10.6 Å². The Morgan fingerprint density at radius 1 is 1.29 bits per heavy atom. The van der Waals surface area contributed by atoms with Crippen LogP contribution in [0.15, 0.2) is 22.7 Å². The van der Waals surface area contributed by atoms with Crippen LogP contribution >= 0.6 is 15.9 Å². The molecule has 3 N–H and O–H groups in total. The lowest BCUT2D eigenvalue weighted by molar-refractivity contribution is -0.138. The van der Waals surface area contributed by atoms with Crippen LogP contribution < -0.4 is 16.0 Å².